The smallest absolute Gasteiger partial charge is 0.166 e. The van der Waals surface area contributed by atoms with E-state index in [1.165, 1.54) is 69.9 Å². The average molecular weight is 393 g/mol. The van der Waals surface area contributed by atoms with Gasteiger partial charge in [-0.25, -0.2) is 0 Å². The highest BCUT2D eigenvalue weighted by atomic mass is 19.4. The maximum absolute atomic E-state index is 12.6. The van der Waals surface area contributed by atoms with E-state index in [0.29, 0.717) is 6.42 Å². The van der Waals surface area contributed by atoms with Crippen LogP contribution < -0.4 is 0 Å². The van der Waals surface area contributed by atoms with Gasteiger partial charge in [0.2, 0.25) is 0 Å². The Morgan fingerprint density at radius 1 is 0.786 bits per heavy atom. The number of allylic oxidation sites excluding steroid dienone is 2. The van der Waals surface area contributed by atoms with Gasteiger partial charge in [0, 0.05) is 0 Å². The Hall–Kier alpha value is -1.25. The zero-order valence-corrected chi connectivity index (χ0v) is 17.2. The van der Waals surface area contributed by atoms with Gasteiger partial charge < -0.3 is 0 Å². The van der Waals surface area contributed by atoms with Crippen LogP contribution in [0.15, 0.2) is 36.4 Å². The van der Waals surface area contributed by atoms with Crippen LogP contribution >= 0.6 is 0 Å². The average Bonchev–Trinajstić information content (AvgIpc) is 2.71. The van der Waals surface area contributed by atoms with Crippen molar-refractivity contribution in [3.63, 3.8) is 0 Å². The van der Waals surface area contributed by atoms with Crippen LogP contribution in [0.4, 0.5) is 13.2 Å². The van der Waals surface area contributed by atoms with Gasteiger partial charge in [-0.2, -0.15) is 13.2 Å². The van der Waals surface area contributed by atoms with Crippen molar-refractivity contribution in [2.75, 3.05) is 0 Å². The topological polar surface area (TPSA) is 0 Å². The molecular weight excluding hydrogens is 357 g/mol. The lowest BCUT2D eigenvalue weighted by Gasteiger charge is -2.37. The molecule has 0 bridgehead atoms. The third-order valence-corrected chi connectivity index (χ3v) is 7.30. The van der Waals surface area contributed by atoms with Gasteiger partial charge in [0.05, 0.1) is 5.56 Å². The Bertz CT molecular complexity index is 598. The first-order valence-electron chi connectivity index (χ1n) is 11.3. The Kier molecular flexibility index (Phi) is 7.65. The molecule has 2 aliphatic carbocycles. The summed E-state index contributed by atoms with van der Waals surface area (Å²) < 4.78 is 37.8. The highest BCUT2D eigenvalue weighted by Gasteiger charge is 2.30. The van der Waals surface area contributed by atoms with Gasteiger partial charge in [-0.15, -0.1) is 0 Å². The SMILES string of the molecule is CCC1CCC(C2CCC(C/C=C\Cc3ccc(C(F)(F)F)cc3)CC2)CC1. The predicted molar refractivity (Wildman–Crippen MR) is 110 cm³/mol. The molecule has 3 heteroatoms. The Morgan fingerprint density at radius 2 is 1.32 bits per heavy atom. The number of halogens is 3. The molecule has 0 aliphatic heterocycles. The third-order valence-electron chi connectivity index (χ3n) is 7.30. The normalized spacial score (nSPS) is 29.3. The molecule has 0 saturated heterocycles. The summed E-state index contributed by atoms with van der Waals surface area (Å²) in [5.41, 5.74) is 0.371. The minimum Gasteiger partial charge on any atom is -0.166 e. The zero-order valence-electron chi connectivity index (χ0n) is 17.2. The molecule has 0 aromatic heterocycles. The number of benzene rings is 1. The fourth-order valence-electron chi connectivity index (χ4n) is 5.30. The van der Waals surface area contributed by atoms with Crippen molar-refractivity contribution in [2.24, 2.45) is 23.7 Å². The van der Waals surface area contributed by atoms with Crippen molar-refractivity contribution < 1.29 is 13.2 Å². The molecule has 0 atom stereocenters. The lowest BCUT2D eigenvalue weighted by molar-refractivity contribution is -0.137. The summed E-state index contributed by atoms with van der Waals surface area (Å²) in [6.07, 6.45) is 14.6. The van der Waals surface area contributed by atoms with E-state index in [4.69, 9.17) is 0 Å². The van der Waals surface area contributed by atoms with Crippen molar-refractivity contribution in [3.8, 4) is 0 Å². The van der Waals surface area contributed by atoms with Gasteiger partial charge >= 0.3 is 6.18 Å². The Balaban J connectivity index is 1.35. The molecule has 0 radical (unpaired) electrons. The van der Waals surface area contributed by atoms with E-state index in [0.717, 1.165) is 35.7 Å². The minimum absolute atomic E-state index is 0.569. The molecule has 0 amide bonds. The number of hydrogen-bond donors (Lipinski definition) is 0. The molecule has 0 nitrogen and oxygen atoms in total. The van der Waals surface area contributed by atoms with Gasteiger partial charge in [-0.1, -0.05) is 50.5 Å². The number of rotatable bonds is 6. The van der Waals surface area contributed by atoms with Gasteiger partial charge in [-0.3, -0.25) is 0 Å². The van der Waals surface area contributed by atoms with E-state index < -0.39 is 11.7 Å². The van der Waals surface area contributed by atoms with Crippen molar-refractivity contribution in [3.05, 3.63) is 47.5 Å². The van der Waals surface area contributed by atoms with Crippen molar-refractivity contribution in [1.82, 2.24) is 0 Å². The molecule has 0 N–H and O–H groups in total. The minimum atomic E-state index is -4.25. The summed E-state index contributed by atoms with van der Waals surface area (Å²) in [5, 5.41) is 0. The van der Waals surface area contributed by atoms with E-state index in [1.807, 2.05) is 0 Å². The molecule has 28 heavy (non-hydrogen) atoms. The molecular formula is C25H35F3. The van der Waals surface area contributed by atoms with Crippen LogP contribution in [0.5, 0.6) is 0 Å². The van der Waals surface area contributed by atoms with Crippen LogP contribution in [0.1, 0.15) is 82.3 Å². The van der Waals surface area contributed by atoms with Gasteiger partial charge in [0.15, 0.2) is 0 Å². The van der Waals surface area contributed by atoms with E-state index in [9.17, 15) is 13.2 Å². The number of hydrogen-bond acceptors (Lipinski definition) is 0. The molecule has 2 aliphatic rings. The molecule has 0 heterocycles. The van der Waals surface area contributed by atoms with Crippen LogP contribution in [-0.4, -0.2) is 0 Å². The van der Waals surface area contributed by atoms with Crippen LogP contribution in [-0.2, 0) is 12.6 Å². The summed E-state index contributed by atoms with van der Waals surface area (Å²) in [6, 6.07) is 5.54. The van der Waals surface area contributed by atoms with Gasteiger partial charge in [0.25, 0.3) is 0 Å². The second kappa shape index (κ2) is 9.98. The quantitative estimate of drug-likeness (QED) is 0.428. The van der Waals surface area contributed by atoms with Crippen LogP contribution in [0, 0.1) is 23.7 Å². The summed E-state index contributed by atoms with van der Waals surface area (Å²) >= 11 is 0. The first kappa shape index (κ1) is 21.5. The standard InChI is InChI=1S/C25H35F3/c1-2-19-7-13-22(14-8-19)23-15-9-20(10-16-23)5-3-4-6-21-11-17-24(18-12-21)25(26,27)28/h3-4,11-12,17-20,22-23H,2,5-10,13-16H2,1H3/b4-3-. The predicted octanol–water partition coefficient (Wildman–Crippen LogP) is 8.22. The lowest BCUT2D eigenvalue weighted by Crippen LogP contribution is -2.25. The second-order valence-corrected chi connectivity index (χ2v) is 9.08. The van der Waals surface area contributed by atoms with E-state index in [1.54, 1.807) is 12.1 Å². The number of alkyl halides is 3. The van der Waals surface area contributed by atoms with E-state index in [-0.39, 0.29) is 0 Å². The molecule has 1 aromatic rings. The van der Waals surface area contributed by atoms with Crippen LogP contribution in [0.2, 0.25) is 0 Å². The highest BCUT2D eigenvalue weighted by Crippen LogP contribution is 2.42. The van der Waals surface area contributed by atoms with Crippen molar-refractivity contribution in [2.45, 2.75) is 83.7 Å². The van der Waals surface area contributed by atoms with Crippen LogP contribution in [0.3, 0.4) is 0 Å². The fraction of sp³-hybridized carbons (Fsp3) is 0.680. The molecule has 0 spiro atoms. The zero-order chi connectivity index (χ0) is 20.0. The van der Waals surface area contributed by atoms with Crippen molar-refractivity contribution in [1.29, 1.82) is 0 Å². The highest BCUT2D eigenvalue weighted by molar-refractivity contribution is 5.25. The Labute approximate surface area is 168 Å². The molecule has 2 saturated carbocycles. The maximum Gasteiger partial charge on any atom is 0.416 e. The summed E-state index contributed by atoms with van der Waals surface area (Å²) in [7, 11) is 0. The lowest BCUT2D eigenvalue weighted by atomic mass is 9.68. The molecule has 1 aromatic carbocycles. The second-order valence-electron chi connectivity index (χ2n) is 9.08. The van der Waals surface area contributed by atoms with Gasteiger partial charge in [0.1, 0.15) is 0 Å². The first-order chi connectivity index (χ1) is 13.5. The van der Waals surface area contributed by atoms with E-state index >= 15 is 0 Å². The fourth-order valence-corrected chi connectivity index (χ4v) is 5.30. The first-order valence-corrected chi connectivity index (χ1v) is 11.3. The monoisotopic (exact) mass is 392 g/mol. The summed E-state index contributed by atoms with van der Waals surface area (Å²) in [4.78, 5) is 0. The van der Waals surface area contributed by atoms with Crippen LogP contribution in [0.25, 0.3) is 0 Å². The largest absolute Gasteiger partial charge is 0.416 e. The molecule has 156 valence electrons. The molecule has 0 unspecified atom stereocenters. The van der Waals surface area contributed by atoms with Gasteiger partial charge in [-0.05, 0) is 92.7 Å². The maximum atomic E-state index is 12.6. The Morgan fingerprint density at radius 3 is 1.82 bits per heavy atom. The third kappa shape index (κ3) is 6.12. The van der Waals surface area contributed by atoms with Crippen molar-refractivity contribution >= 4 is 0 Å². The van der Waals surface area contributed by atoms with E-state index in [2.05, 4.69) is 19.1 Å². The summed E-state index contributed by atoms with van der Waals surface area (Å²) in [5.74, 6) is 3.73. The molecule has 2 fully saturated rings. The molecule has 3 rings (SSSR count). The summed E-state index contributed by atoms with van der Waals surface area (Å²) in [6.45, 7) is 2.33.